The average molecular weight is 424 g/mol. The summed E-state index contributed by atoms with van der Waals surface area (Å²) in [4.78, 5) is 12.0. The number of aliphatic hydroxyl groups is 2. The molecule has 0 radical (unpaired) electrons. The van der Waals surface area contributed by atoms with Gasteiger partial charge in [0.1, 0.15) is 11.7 Å². The molecule has 7 aliphatic rings. The lowest BCUT2D eigenvalue weighted by atomic mass is 9.40. The minimum absolute atomic E-state index is 0.0249. The van der Waals surface area contributed by atoms with E-state index >= 15 is 0 Å². The molecular weight excluding hydrogens is 392 g/mol. The molecule has 8 heteroatoms. The van der Waals surface area contributed by atoms with E-state index in [-0.39, 0.29) is 47.6 Å². The number of ether oxygens (including phenoxy) is 5. The number of esters is 1. The quantitative estimate of drug-likeness (QED) is 0.505. The molecule has 5 heterocycles. The molecule has 5 saturated heterocycles. The van der Waals surface area contributed by atoms with Gasteiger partial charge < -0.3 is 33.9 Å². The first-order valence-corrected chi connectivity index (χ1v) is 11.3. The van der Waals surface area contributed by atoms with E-state index in [2.05, 4.69) is 13.8 Å². The molecule has 7 rings (SSSR count). The Bertz CT molecular complexity index is 739. The number of carbonyl (C=O) groups excluding carboxylic acids is 1. The Balaban J connectivity index is 1.42. The summed E-state index contributed by atoms with van der Waals surface area (Å²) >= 11 is 0. The first kappa shape index (κ1) is 19.9. The fraction of sp³-hybridized carbons (Fsp3) is 0.955. The Hall–Kier alpha value is -0.770. The lowest BCUT2D eigenvalue weighted by Gasteiger charge is -2.68. The molecule has 1 unspecified atom stereocenters. The average Bonchev–Trinajstić information content (AvgIpc) is 3.15. The standard InChI is InChI=1S/C22H32O8/c1-10-4-16(27-11(2)23)22-14(7-13(28-19(22)25)8-21(22)9-26-21)20(10,3)15-5-12-6-17(24)30-18(12)29-15/h10,12-19,24-25H,4-9H2,1-3H3/t10-,12+,13-,14-,15+,16+,17-,18-,19?,20+,21+,22+/m1/s1. The van der Waals surface area contributed by atoms with E-state index in [9.17, 15) is 15.0 Å². The Labute approximate surface area is 176 Å². The molecule has 2 spiro atoms. The number of hydrogen-bond donors (Lipinski definition) is 2. The van der Waals surface area contributed by atoms with Crippen LogP contribution < -0.4 is 0 Å². The number of hydrogen-bond acceptors (Lipinski definition) is 8. The van der Waals surface area contributed by atoms with Crippen molar-refractivity contribution in [3.05, 3.63) is 0 Å². The lowest BCUT2D eigenvalue weighted by molar-refractivity contribution is -0.375. The third-order valence-corrected chi connectivity index (χ3v) is 9.56. The van der Waals surface area contributed by atoms with Gasteiger partial charge in [0, 0.05) is 31.1 Å². The van der Waals surface area contributed by atoms with Crippen LogP contribution in [0.3, 0.4) is 0 Å². The van der Waals surface area contributed by atoms with Crippen molar-refractivity contribution in [1.29, 1.82) is 0 Å². The molecule has 0 aromatic rings. The van der Waals surface area contributed by atoms with Crippen LogP contribution in [-0.2, 0) is 28.5 Å². The van der Waals surface area contributed by atoms with Crippen LogP contribution in [0.2, 0.25) is 0 Å². The Morgan fingerprint density at radius 2 is 1.87 bits per heavy atom. The van der Waals surface area contributed by atoms with E-state index in [1.54, 1.807) is 0 Å². The highest BCUT2D eigenvalue weighted by atomic mass is 16.7. The SMILES string of the molecule is CC(=O)O[C@H]1C[C@@H](C)[C@](C)([C@@H]2C[C@H]3C[C@H](O)O[C@H]3O2)[C@H]2C[C@@H]3C[C@]4(CO4)[C@]12C(O)O3. The van der Waals surface area contributed by atoms with E-state index in [1.807, 2.05) is 0 Å². The highest BCUT2D eigenvalue weighted by molar-refractivity contribution is 5.66. The predicted octanol–water partition coefficient (Wildman–Crippen LogP) is 1.32. The molecule has 30 heavy (non-hydrogen) atoms. The van der Waals surface area contributed by atoms with Crippen molar-refractivity contribution in [2.45, 2.75) is 95.7 Å². The fourth-order valence-electron chi connectivity index (χ4n) is 8.04. The van der Waals surface area contributed by atoms with Crippen LogP contribution in [0, 0.1) is 28.6 Å². The number of aliphatic hydroxyl groups excluding tert-OH is 2. The minimum Gasteiger partial charge on any atom is -0.462 e. The molecule has 5 aliphatic heterocycles. The summed E-state index contributed by atoms with van der Waals surface area (Å²) in [6, 6.07) is 0. The van der Waals surface area contributed by atoms with Crippen LogP contribution in [0.1, 0.15) is 52.9 Å². The first-order chi connectivity index (χ1) is 14.2. The van der Waals surface area contributed by atoms with Gasteiger partial charge in [-0.3, -0.25) is 4.79 Å². The third kappa shape index (κ3) is 2.30. The van der Waals surface area contributed by atoms with Crippen molar-refractivity contribution in [2.24, 2.45) is 28.6 Å². The van der Waals surface area contributed by atoms with E-state index in [0.29, 0.717) is 19.4 Å². The molecule has 8 nitrogen and oxygen atoms in total. The van der Waals surface area contributed by atoms with Gasteiger partial charge in [0.05, 0.1) is 24.2 Å². The second-order valence-electron chi connectivity index (χ2n) is 10.7. The summed E-state index contributed by atoms with van der Waals surface area (Å²) in [5.41, 5.74) is -1.56. The van der Waals surface area contributed by atoms with Crippen molar-refractivity contribution in [3.8, 4) is 0 Å². The van der Waals surface area contributed by atoms with Crippen LogP contribution in [0.25, 0.3) is 0 Å². The van der Waals surface area contributed by atoms with Crippen molar-refractivity contribution in [3.63, 3.8) is 0 Å². The van der Waals surface area contributed by atoms with Gasteiger partial charge in [-0.2, -0.15) is 0 Å². The topological polar surface area (TPSA) is 107 Å². The van der Waals surface area contributed by atoms with Crippen LogP contribution in [0.4, 0.5) is 0 Å². The zero-order valence-electron chi connectivity index (χ0n) is 17.8. The number of rotatable bonds is 2. The van der Waals surface area contributed by atoms with Gasteiger partial charge >= 0.3 is 5.97 Å². The van der Waals surface area contributed by atoms with Gasteiger partial charge in [-0.15, -0.1) is 0 Å². The minimum atomic E-state index is -1.03. The van der Waals surface area contributed by atoms with Gasteiger partial charge in [0.15, 0.2) is 18.9 Å². The Kier molecular flexibility index (Phi) is 4.09. The van der Waals surface area contributed by atoms with Crippen molar-refractivity contribution in [2.75, 3.05) is 6.61 Å². The van der Waals surface area contributed by atoms with Gasteiger partial charge in [0.25, 0.3) is 0 Å². The zero-order valence-corrected chi connectivity index (χ0v) is 17.8. The molecule has 2 N–H and O–H groups in total. The summed E-state index contributed by atoms with van der Waals surface area (Å²) < 4.78 is 30.0. The first-order valence-electron chi connectivity index (χ1n) is 11.3. The predicted molar refractivity (Wildman–Crippen MR) is 101 cm³/mol. The van der Waals surface area contributed by atoms with Crippen molar-refractivity contribution < 1.29 is 38.7 Å². The maximum Gasteiger partial charge on any atom is 0.302 e. The van der Waals surface area contributed by atoms with Crippen LogP contribution in [0.5, 0.6) is 0 Å². The van der Waals surface area contributed by atoms with Gasteiger partial charge in [-0.1, -0.05) is 13.8 Å². The van der Waals surface area contributed by atoms with E-state index in [1.165, 1.54) is 6.92 Å². The Morgan fingerprint density at radius 3 is 2.53 bits per heavy atom. The maximum absolute atomic E-state index is 12.0. The monoisotopic (exact) mass is 424 g/mol. The summed E-state index contributed by atoms with van der Waals surface area (Å²) in [5.74, 6) is 0.0725. The molecule has 2 bridgehead atoms. The van der Waals surface area contributed by atoms with E-state index in [4.69, 9.17) is 23.7 Å². The van der Waals surface area contributed by atoms with Crippen molar-refractivity contribution in [1.82, 2.24) is 0 Å². The Morgan fingerprint density at radius 1 is 1.10 bits per heavy atom. The van der Waals surface area contributed by atoms with Crippen LogP contribution in [-0.4, -0.2) is 65.6 Å². The number of carbonyl (C=O) groups is 1. The molecule has 0 aromatic heterocycles. The third-order valence-electron chi connectivity index (χ3n) is 9.56. The fourth-order valence-corrected chi connectivity index (χ4v) is 8.04. The highest BCUT2D eigenvalue weighted by Crippen LogP contribution is 2.73. The second kappa shape index (κ2) is 6.17. The molecule has 168 valence electrons. The maximum atomic E-state index is 12.0. The summed E-state index contributed by atoms with van der Waals surface area (Å²) in [5, 5.41) is 21.1. The molecule has 2 aliphatic carbocycles. The normalized spacial score (nSPS) is 61.0. The largest absolute Gasteiger partial charge is 0.462 e. The lowest BCUT2D eigenvalue weighted by Crippen LogP contribution is -2.76. The summed E-state index contributed by atoms with van der Waals surface area (Å²) in [7, 11) is 0. The van der Waals surface area contributed by atoms with Crippen LogP contribution in [0.15, 0.2) is 0 Å². The number of fused-ring (bicyclic) bond motifs is 2. The molecule has 12 atom stereocenters. The van der Waals surface area contributed by atoms with Crippen LogP contribution >= 0.6 is 0 Å². The molecule has 0 aromatic carbocycles. The highest BCUT2D eigenvalue weighted by Gasteiger charge is 2.82. The molecule has 0 amide bonds. The molecule has 7 fully saturated rings. The smallest absolute Gasteiger partial charge is 0.302 e. The summed E-state index contributed by atoms with van der Waals surface area (Å²) in [6.07, 6.45) is 0.824. The van der Waals surface area contributed by atoms with E-state index < -0.39 is 29.7 Å². The van der Waals surface area contributed by atoms with Gasteiger partial charge in [-0.25, -0.2) is 0 Å². The van der Waals surface area contributed by atoms with Gasteiger partial charge in [0.2, 0.25) is 0 Å². The van der Waals surface area contributed by atoms with Gasteiger partial charge in [-0.05, 0) is 31.1 Å². The molecule has 2 saturated carbocycles. The van der Waals surface area contributed by atoms with Crippen molar-refractivity contribution >= 4 is 5.97 Å². The second-order valence-corrected chi connectivity index (χ2v) is 10.7. The number of epoxide rings is 1. The molecular formula is C22H32O8. The van der Waals surface area contributed by atoms with E-state index in [0.717, 1.165) is 19.3 Å². The zero-order chi connectivity index (χ0) is 21.1. The summed E-state index contributed by atoms with van der Waals surface area (Å²) in [6.45, 7) is 6.46.